The van der Waals surface area contributed by atoms with Gasteiger partial charge in [-0.05, 0) is 43.2 Å². The van der Waals surface area contributed by atoms with Gasteiger partial charge in [0, 0.05) is 25.6 Å². The quantitative estimate of drug-likeness (QED) is 0.854. The van der Waals surface area contributed by atoms with E-state index in [-0.39, 0.29) is 24.2 Å². The average molecular weight is 340 g/mol. The predicted molar refractivity (Wildman–Crippen MR) is 94.3 cm³/mol. The highest BCUT2D eigenvalue weighted by atomic mass is 16.2. The van der Waals surface area contributed by atoms with Crippen LogP contribution >= 0.6 is 0 Å². The maximum Gasteiger partial charge on any atom is 0.345 e. The molecular weight excluding hydrogens is 316 g/mol. The van der Waals surface area contributed by atoms with Crippen molar-refractivity contribution in [3.8, 4) is 0 Å². The van der Waals surface area contributed by atoms with Gasteiger partial charge in [-0.2, -0.15) is 5.10 Å². The van der Waals surface area contributed by atoms with Crippen molar-refractivity contribution >= 4 is 5.91 Å². The Morgan fingerprint density at radius 2 is 2.08 bits per heavy atom. The SMILES string of the molecule is Cn1cnn(CC(=O)N2CCC[C@@H]2[C@H]2CCCc3ccccc32)c1=O. The van der Waals surface area contributed by atoms with Crippen LogP contribution in [0.5, 0.6) is 0 Å². The molecular formula is C19H24N4O2. The molecule has 1 fully saturated rings. The molecule has 1 aromatic carbocycles. The summed E-state index contributed by atoms with van der Waals surface area (Å²) in [4.78, 5) is 26.8. The molecule has 0 unspecified atom stereocenters. The molecule has 2 aromatic rings. The molecule has 6 heteroatoms. The van der Waals surface area contributed by atoms with Crippen molar-refractivity contribution in [2.45, 2.75) is 50.6 Å². The van der Waals surface area contributed by atoms with E-state index in [2.05, 4.69) is 29.4 Å². The van der Waals surface area contributed by atoms with Crippen molar-refractivity contribution in [1.29, 1.82) is 0 Å². The summed E-state index contributed by atoms with van der Waals surface area (Å²) in [6, 6.07) is 8.89. The molecule has 2 atom stereocenters. The van der Waals surface area contributed by atoms with Gasteiger partial charge in [-0.1, -0.05) is 24.3 Å². The zero-order valence-corrected chi connectivity index (χ0v) is 14.6. The van der Waals surface area contributed by atoms with Crippen LogP contribution in [0.3, 0.4) is 0 Å². The maximum absolute atomic E-state index is 12.9. The molecule has 0 spiro atoms. The van der Waals surface area contributed by atoms with Crippen LogP contribution in [0, 0.1) is 0 Å². The van der Waals surface area contributed by atoms with Gasteiger partial charge in [0.25, 0.3) is 0 Å². The Kier molecular flexibility index (Phi) is 4.19. The highest BCUT2D eigenvalue weighted by Gasteiger charge is 2.37. The number of carbonyl (C=O) groups is 1. The molecule has 1 aromatic heterocycles. The largest absolute Gasteiger partial charge is 0.345 e. The van der Waals surface area contributed by atoms with Crippen molar-refractivity contribution in [2.24, 2.45) is 7.05 Å². The minimum absolute atomic E-state index is 0.00588. The van der Waals surface area contributed by atoms with Crippen LogP contribution in [0.15, 0.2) is 35.4 Å². The number of benzene rings is 1. The van der Waals surface area contributed by atoms with Crippen LogP contribution in [0.25, 0.3) is 0 Å². The molecule has 2 heterocycles. The van der Waals surface area contributed by atoms with Crippen molar-refractivity contribution in [2.75, 3.05) is 6.54 Å². The van der Waals surface area contributed by atoms with Gasteiger partial charge in [-0.3, -0.25) is 9.36 Å². The Labute approximate surface area is 147 Å². The monoisotopic (exact) mass is 340 g/mol. The standard InChI is InChI=1S/C19H24N4O2/c1-21-13-20-23(19(21)25)12-18(24)22-11-5-10-17(22)16-9-4-7-14-6-2-3-8-15(14)16/h2-3,6,8,13,16-17H,4-5,7,9-12H2,1H3/t16-,17+/m0/s1. The lowest BCUT2D eigenvalue weighted by molar-refractivity contribution is -0.133. The number of rotatable bonds is 3. The van der Waals surface area contributed by atoms with Crippen molar-refractivity contribution in [3.63, 3.8) is 0 Å². The molecule has 1 aliphatic carbocycles. The number of nitrogens with zero attached hydrogens (tertiary/aromatic N) is 4. The van der Waals surface area contributed by atoms with Gasteiger partial charge in [0.15, 0.2) is 0 Å². The molecule has 6 nitrogen and oxygen atoms in total. The smallest absolute Gasteiger partial charge is 0.337 e. The van der Waals surface area contributed by atoms with E-state index in [1.807, 2.05) is 4.90 Å². The van der Waals surface area contributed by atoms with Gasteiger partial charge in [-0.25, -0.2) is 9.48 Å². The number of amides is 1. The lowest BCUT2D eigenvalue weighted by Gasteiger charge is -2.35. The second-order valence-corrected chi connectivity index (χ2v) is 7.18. The predicted octanol–water partition coefficient (Wildman–Crippen LogP) is 1.69. The highest BCUT2D eigenvalue weighted by Crippen LogP contribution is 2.39. The maximum atomic E-state index is 12.9. The lowest BCUT2D eigenvalue weighted by atomic mass is 9.78. The van der Waals surface area contributed by atoms with Gasteiger partial charge in [0.1, 0.15) is 12.9 Å². The fraction of sp³-hybridized carbons (Fsp3) is 0.526. The fourth-order valence-electron chi connectivity index (χ4n) is 4.46. The number of likely N-dealkylation sites (tertiary alicyclic amines) is 1. The number of hydrogen-bond acceptors (Lipinski definition) is 3. The van der Waals surface area contributed by atoms with Crippen LogP contribution < -0.4 is 5.69 Å². The number of fused-ring (bicyclic) bond motifs is 1. The van der Waals surface area contributed by atoms with E-state index in [4.69, 9.17) is 0 Å². The van der Waals surface area contributed by atoms with E-state index in [1.54, 1.807) is 7.05 Å². The first kappa shape index (κ1) is 16.1. The highest BCUT2D eigenvalue weighted by molar-refractivity contribution is 5.76. The third-order valence-electron chi connectivity index (χ3n) is 5.67. The Bertz CT molecular complexity index is 838. The minimum atomic E-state index is -0.243. The Morgan fingerprint density at radius 3 is 2.88 bits per heavy atom. The second-order valence-electron chi connectivity index (χ2n) is 7.18. The van der Waals surface area contributed by atoms with E-state index < -0.39 is 0 Å². The molecule has 2 aliphatic rings. The summed E-state index contributed by atoms with van der Waals surface area (Å²) >= 11 is 0. The molecule has 1 amide bonds. The molecule has 0 radical (unpaired) electrons. The molecule has 4 rings (SSSR count). The lowest BCUT2D eigenvalue weighted by Crippen LogP contribution is -2.43. The molecule has 132 valence electrons. The van der Waals surface area contributed by atoms with Crippen molar-refractivity contribution in [1.82, 2.24) is 19.2 Å². The third-order valence-corrected chi connectivity index (χ3v) is 5.67. The van der Waals surface area contributed by atoms with Gasteiger partial charge < -0.3 is 4.90 Å². The Hall–Kier alpha value is -2.37. The summed E-state index contributed by atoms with van der Waals surface area (Å²) in [6.45, 7) is 0.814. The molecule has 0 N–H and O–H groups in total. The van der Waals surface area contributed by atoms with Gasteiger partial charge >= 0.3 is 5.69 Å². The second kappa shape index (κ2) is 6.50. The topological polar surface area (TPSA) is 60.1 Å². The number of carbonyl (C=O) groups excluding carboxylic acids is 1. The van der Waals surface area contributed by atoms with Crippen LogP contribution in [0.4, 0.5) is 0 Å². The van der Waals surface area contributed by atoms with Crippen LogP contribution in [0.2, 0.25) is 0 Å². The van der Waals surface area contributed by atoms with Crippen LogP contribution in [-0.2, 0) is 24.8 Å². The molecule has 1 saturated heterocycles. The van der Waals surface area contributed by atoms with E-state index in [9.17, 15) is 9.59 Å². The van der Waals surface area contributed by atoms with E-state index in [0.717, 1.165) is 32.2 Å². The summed E-state index contributed by atoms with van der Waals surface area (Å²) < 4.78 is 2.65. The summed E-state index contributed by atoms with van der Waals surface area (Å²) in [7, 11) is 1.65. The zero-order chi connectivity index (χ0) is 17.4. The Morgan fingerprint density at radius 1 is 1.24 bits per heavy atom. The fourth-order valence-corrected chi connectivity index (χ4v) is 4.46. The average Bonchev–Trinajstić information content (AvgIpc) is 3.24. The van der Waals surface area contributed by atoms with Crippen LogP contribution in [-0.4, -0.2) is 37.7 Å². The molecule has 0 bridgehead atoms. The summed E-state index contributed by atoms with van der Waals surface area (Å²) in [5.41, 5.74) is 2.60. The van der Waals surface area contributed by atoms with E-state index in [1.165, 1.54) is 33.1 Å². The summed E-state index contributed by atoms with van der Waals surface area (Å²) in [5, 5.41) is 4.02. The first-order chi connectivity index (χ1) is 12.1. The molecule has 0 saturated carbocycles. The van der Waals surface area contributed by atoms with Gasteiger partial charge in [-0.15, -0.1) is 0 Å². The van der Waals surface area contributed by atoms with E-state index in [0.29, 0.717) is 5.92 Å². The molecule has 25 heavy (non-hydrogen) atoms. The summed E-state index contributed by atoms with van der Waals surface area (Å²) in [6.07, 6.45) is 6.98. The minimum Gasteiger partial charge on any atom is -0.337 e. The van der Waals surface area contributed by atoms with Gasteiger partial charge in [0.05, 0.1) is 0 Å². The van der Waals surface area contributed by atoms with E-state index >= 15 is 0 Å². The first-order valence-electron chi connectivity index (χ1n) is 9.11. The zero-order valence-electron chi connectivity index (χ0n) is 14.6. The normalized spacial score (nSPS) is 22.8. The van der Waals surface area contributed by atoms with Crippen molar-refractivity contribution < 1.29 is 4.79 Å². The third kappa shape index (κ3) is 2.90. The first-order valence-corrected chi connectivity index (χ1v) is 9.11. The van der Waals surface area contributed by atoms with Crippen LogP contribution in [0.1, 0.15) is 42.7 Å². The van der Waals surface area contributed by atoms with Crippen molar-refractivity contribution in [3.05, 3.63) is 52.2 Å². The number of aromatic nitrogens is 3. The number of hydrogen-bond donors (Lipinski definition) is 0. The summed E-state index contributed by atoms with van der Waals surface area (Å²) in [5.74, 6) is 0.420. The molecule has 1 aliphatic heterocycles. The Balaban J connectivity index is 1.56. The van der Waals surface area contributed by atoms with Gasteiger partial charge in [0.2, 0.25) is 5.91 Å². The number of aryl methyl sites for hydroxylation is 2.